The number of aryl methyl sites for hydroxylation is 1. The summed E-state index contributed by atoms with van der Waals surface area (Å²) in [5, 5.41) is 3.19. The predicted molar refractivity (Wildman–Crippen MR) is 107 cm³/mol. The zero-order valence-corrected chi connectivity index (χ0v) is 16.9. The van der Waals surface area contributed by atoms with Crippen molar-refractivity contribution in [2.75, 3.05) is 5.75 Å². The zero-order chi connectivity index (χ0) is 19.4. The average Bonchev–Trinajstić information content (AvgIpc) is 3.00. The van der Waals surface area contributed by atoms with Crippen LogP contribution in [-0.4, -0.2) is 22.7 Å². The summed E-state index contributed by atoms with van der Waals surface area (Å²) >= 11 is 1.50. The topological polar surface area (TPSA) is 55.1 Å². The molecule has 1 aliphatic carbocycles. The highest BCUT2D eigenvalue weighted by molar-refractivity contribution is 7.99. The van der Waals surface area contributed by atoms with Gasteiger partial charge in [0.25, 0.3) is 0 Å². The quantitative estimate of drug-likeness (QED) is 0.757. The largest absolute Gasteiger partial charge is 0.441 e. The summed E-state index contributed by atoms with van der Waals surface area (Å²) in [5.74, 6) is 2.80. The van der Waals surface area contributed by atoms with Gasteiger partial charge in [-0.15, -0.1) is 11.8 Å². The van der Waals surface area contributed by atoms with Gasteiger partial charge < -0.3 is 9.73 Å². The van der Waals surface area contributed by atoms with E-state index in [9.17, 15) is 9.18 Å². The van der Waals surface area contributed by atoms with Crippen LogP contribution in [0, 0.1) is 24.6 Å². The Balaban J connectivity index is 1.52. The van der Waals surface area contributed by atoms with Gasteiger partial charge in [0.15, 0.2) is 0 Å². The van der Waals surface area contributed by atoms with Gasteiger partial charge >= 0.3 is 0 Å². The van der Waals surface area contributed by atoms with Crippen molar-refractivity contribution in [1.29, 1.82) is 0 Å². The number of amides is 1. The van der Waals surface area contributed by atoms with Gasteiger partial charge in [0.05, 0.1) is 17.0 Å². The Morgan fingerprint density at radius 2 is 2.11 bits per heavy atom. The van der Waals surface area contributed by atoms with Gasteiger partial charge in [0, 0.05) is 11.8 Å². The van der Waals surface area contributed by atoms with Crippen molar-refractivity contribution < 1.29 is 13.6 Å². The predicted octanol–water partition coefficient (Wildman–Crippen LogP) is 4.96. The molecule has 3 rings (SSSR count). The van der Waals surface area contributed by atoms with Crippen molar-refractivity contribution in [1.82, 2.24) is 10.3 Å². The molecular formula is C21H27FN2O2S. The first-order valence-electron chi connectivity index (χ1n) is 9.54. The molecule has 1 saturated carbocycles. The number of carbonyl (C=O) groups is 1. The van der Waals surface area contributed by atoms with E-state index in [1.165, 1.54) is 30.7 Å². The van der Waals surface area contributed by atoms with Crippen molar-refractivity contribution in [2.45, 2.75) is 51.8 Å². The number of hydrogen-bond donors (Lipinski definition) is 1. The van der Waals surface area contributed by atoms with Crippen molar-refractivity contribution in [3.8, 4) is 11.5 Å². The van der Waals surface area contributed by atoms with Crippen LogP contribution in [0.1, 0.15) is 44.6 Å². The van der Waals surface area contributed by atoms with E-state index in [4.69, 9.17) is 4.42 Å². The summed E-state index contributed by atoms with van der Waals surface area (Å²) in [6, 6.07) is 6.71. The third-order valence-corrected chi connectivity index (χ3v) is 6.47. The maximum atomic E-state index is 13.9. The molecule has 0 spiro atoms. The highest BCUT2D eigenvalue weighted by Crippen LogP contribution is 2.30. The zero-order valence-electron chi connectivity index (χ0n) is 16.1. The van der Waals surface area contributed by atoms with Crippen LogP contribution in [0.15, 0.2) is 28.7 Å². The van der Waals surface area contributed by atoms with E-state index in [1.54, 1.807) is 18.2 Å². The minimum absolute atomic E-state index is 0.0708. The Kier molecular flexibility index (Phi) is 6.58. The smallest absolute Gasteiger partial charge is 0.230 e. The lowest BCUT2D eigenvalue weighted by atomic mass is 9.78. The Morgan fingerprint density at radius 3 is 2.89 bits per heavy atom. The summed E-state index contributed by atoms with van der Waals surface area (Å²) in [6.07, 6.45) is 3.49. The second-order valence-corrected chi connectivity index (χ2v) is 8.42. The number of thioether (sulfide) groups is 1. The molecule has 1 heterocycles. The average molecular weight is 391 g/mol. The van der Waals surface area contributed by atoms with Crippen LogP contribution in [0.3, 0.4) is 0 Å². The summed E-state index contributed by atoms with van der Waals surface area (Å²) in [4.78, 5) is 16.7. The van der Waals surface area contributed by atoms with Crippen LogP contribution in [0.4, 0.5) is 4.39 Å². The first-order chi connectivity index (χ1) is 13.0. The molecule has 0 saturated heterocycles. The second kappa shape index (κ2) is 8.91. The lowest BCUT2D eigenvalue weighted by molar-refractivity contribution is -0.119. The maximum absolute atomic E-state index is 13.9. The van der Waals surface area contributed by atoms with Crippen LogP contribution in [-0.2, 0) is 10.5 Å². The summed E-state index contributed by atoms with van der Waals surface area (Å²) < 4.78 is 19.5. The van der Waals surface area contributed by atoms with Crippen LogP contribution in [0.2, 0.25) is 0 Å². The van der Waals surface area contributed by atoms with E-state index >= 15 is 0 Å². The van der Waals surface area contributed by atoms with E-state index in [1.807, 2.05) is 6.92 Å². The Hall–Kier alpha value is -1.82. The molecule has 1 amide bonds. The molecule has 27 heavy (non-hydrogen) atoms. The van der Waals surface area contributed by atoms with Crippen LogP contribution < -0.4 is 5.32 Å². The van der Waals surface area contributed by atoms with Crippen molar-refractivity contribution in [3.63, 3.8) is 0 Å². The van der Waals surface area contributed by atoms with Crippen molar-refractivity contribution in [3.05, 3.63) is 41.5 Å². The number of nitrogens with zero attached hydrogens (tertiary/aromatic N) is 1. The first-order valence-corrected chi connectivity index (χ1v) is 10.7. The number of nitrogens with one attached hydrogen (secondary N) is 1. The summed E-state index contributed by atoms with van der Waals surface area (Å²) in [7, 11) is 0. The third-order valence-electron chi connectivity index (χ3n) is 5.52. The number of rotatable bonds is 6. The molecular weight excluding hydrogens is 363 g/mol. The molecule has 1 aromatic heterocycles. The molecule has 0 bridgehead atoms. The summed E-state index contributed by atoms with van der Waals surface area (Å²) in [6.45, 7) is 6.31. The fourth-order valence-electron chi connectivity index (χ4n) is 3.59. The number of hydrogen-bond acceptors (Lipinski definition) is 4. The molecule has 1 aromatic carbocycles. The van der Waals surface area contributed by atoms with Gasteiger partial charge in [0.1, 0.15) is 11.6 Å². The number of benzene rings is 1. The molecule has 0 unspecified atom stereocenters. The molecule has 0 aliphatic heterocycles. The monoisotopic (exact) mass is 390 g/mol. The Bertz CT molecular complexity index is 792. The summed E-state index contributed by atoms with van der Waals surface area (Å²) in [5.41, 5.74) is 1.11. The van der Waals surface area contributed by atoms with E-state index < -0.39 is 0 Å². The minimum atomic E-state index is -0.354. The fourth-order valence-corrected chi connectivity index (χ4v) is 4.42. The van der Waals surface area contributed by atoms with Gasteiger partial charge in [-0.1, -0.05) is 38.8 Å². The van der Waals surface area contributed by atoms with E-state index in [0.29, 0.717) is 34.7 Å². The molecule has 0 radical (unpaired) electrons. The van der Waals surface area contributed by atoms with Crippen LogP contribution >= 0.6 is 11.8 Å². The van der Waals surface area contributed by atoms with Gasteiger partial charge in [-0.3, -0.25) is 4.79 Å². The van der Waals surface area contributed by atoms with Gasteiger partial charge in [-0.05, 0) is 37.3 Å². The first kappa shape index (κ1) is 19.9. The Labute approximate surface area is 164 Å². The highest BCUT2D eigenvalue weighted by Gasteiger charge is 2.28. The van der Waals surface area contributed by atoms with Crippen molar-refractivity contribution in [2.24, 2.45) is 11.8 Å². The maximum Gasteiger partial charge on any atom is 0.230 e. The third kappa shape index (κ3) is 4.92. The number of oxazole rings is 1. The lowest BCUT2D eigenvalue weighted by Crippen LogP contribution is -2.44. The normalized spacial score (nSPS) is 22.6. The van der Waals surface area contributed by atoms with E-state index in [2.05, 4.69) is 24.1 Å². The number of aromatic nitrogens is 1. The number of halogens is 1. The van der Waals surface area contributed by atoms with Crippen molar-refractivity contribution >= 4 is 17.7 Å². The molecule has 2 aromatic rings. The highest BCUT2D eigenvalue weighted by atomic mass is 32.2. The molecule has 1 fully saturated rings. The molecule has 6 heteroatoms. The fraction of sp³-hybridized carbons (Fsp3) is 0.524. The van der Waals surface area contributed by atoms with Gasteiger partial charge in [0.2, 0.25) is 11.8 Å². The van der Waals surface area contributed by atoms with Crippen LogP contribution in [0.5, 0.6) is 0 Å². The lowest BCUT2D eigenvalue weighted by Gasteiger charge is -2.34. The van der Waals surface area contributed by atoms with Crippen LogP contribution in [0.25, 0.3) is 11.5 Å². The molecule has 1 N–H and O–H groups in total. The standard InChI is InChI=1S/C21H27FN2O2S/c1-13-7-6-10-18(14(13)2)23-20(25)12-27-11-19-15(3)26-21(24-19)16-8-4-5-9-17(16)22/h4-5,8-9,13-14,18H,6-7,10-12H2,1-3H3,(H,23,25)/t13-,14-,18-/m1/s1. The SMILES string of the molecule is Cc1oc(-c2ccccc2F)nc1CSCC(=O)N[C@@H]1CCC[C@@H](C)[C@H]1C. The van der Waals surface area contributed by atoms with Gasteiger partial charge in [-0.2, -0.15) is 0 Å². The second-order valence-electron chi connectivity index (χ2n) is 7.44. The Morgan fingerprint density at radius 1 is 1.33 bits per heavy atom. The minimum Gasteiger partial charge on any atom is -0.441 e. The molecule has 146 valence electrons. The van der Waals surface area contributed by atoms with Gasteiger partial charge in [-0.25, -0.2) is 9.37 Å². The molecule has 4 nitrogen and oxygen atoms in total. The van der Waals surface area contributed by atoms with E-state index in [0.717, 1.165) is 12.1 Å². The molecule has 1 aliphatic rings. The van der Waals surface area contributed by atoms with E-state index in [-0.39, 0.29) is 23.7 Å². The molecule has 3 atom stereocenters. The number of carbonyl (C=O) groups excluding carboxylic acids is 1.